The van der Waals surface area contributed by atoms with Gasteiger partial charge < -0.3 is 5.32 Å². The molecule has 0 aliphatic carbocycles. The van der Waals surface area contributed by atoms with E-state index in [0.29, 0.717) is 12.4 Å². The Labute approximate surface area is 126 Å². The van der Waals surface area contributed by atoms with Gasteiger partial charge in [0.25, 0.3) is 0 Å². The summed E-state index contributed by atoms with van der Waals surface area (Å²) in [5.41, 5.74) is 0.844. The highest BCUT2D eigenvalue weighted by Gasteiger charge is 2.10. The lowest BCUT2D eigenvalue weighted by molar-refractivity contribution is -0.117. The van der Waals surface area contributed by atoms with Crippen molar-refractivity contribution in [1.29, 1.82) is 0 Å². The van der Waals surface area contributed by atoms with Gasteiger partial charge in [0.1, 0.15) is 10.9 Å². The third kappa shape index (κ3) is 4.16. The minimum atomic E-state index is -0.480. The molecule has 2 aromatic rings. The van der Waals surface area contributed by atoms with E-state index in [1.165, 1.54) is 11.8 Å². The van der Waals surface area contributed by atoms with Gasteiger partial charge in [-0.2, -0.15) is 0 Å². The third-order valence-electron chi connectivity index (χ3n) is 2.61. The molecule has 0 saturated carbocycles. The Morgan fingerprint density at radius 2 is 2.00 bits per heavy atom. The highest BCUT2D eigenvalue weighted by molar-refractivity contribution is 8.00. The van der Waals surface area contributed by atoms with Crippen LogP contribution in [-0.4, -0.2) is 34.2 Å². The maximum atomic E-state index is 11.7. The van der Waals surface area contributed by atoms with Crippen LogP contribution in [0.3, 0.4) is 0 Å². The normalized spacial score (nSPS) is 10.4. The summed E-state index contributed by atoms with van der Waals surface area (Å²) >= 11 is 1.29. The number of para-hydroxylation sites is 1. The molecule has 0 aliphatic heterocycles. The zero-order valence-corrected chi connectivity index (χ0v) is 12.7. The second-order valence-corrected chi connectivity index (χ2v) is 5.25. The van der Waals surface area contributed by atoms with E-state index < -0.39 is 6.03 Å². The Bertz CT molecular complexity index is 675. The van der Waals surface area contributed by atoms with Crippen molar-refractivity contribution in [2.24, 2.45) is 0 Å². The Balaban J connectivity index is 2.06. The van der Waals surface area contributed by atoms with Crippen molar-refractivity contribution in [2.75, 3.05) is 12.3 Å². The molecular weight excluding hydrogens is 288 g/mol. The zero-order valence-electron chi connectivity index (χ0n) is 11.8. The maximum Gasteiger partial charge on any atom is 0.321 e. The molecule has 21 heavy (non-hydrogen) atoms. The molecule has 3 amide bonds. The first-order chi connectivity index (χ1) is 10.1. The predicted octanol–water partition coefficient (Wildman–Crippen LogP) is 1.88. The van der Waals surface area contributed by atoms with E-state index in [1.54, 1.807) is 6.92 Å². The van der Waals surface area contributed by atoms with Crippen molar-refractivity contribution in [3.63, 3.8) is 0 Å². The lowest BCUT2D eigenvalue weighted by Crippen LogP contribution is -2.40. The predicted molar refractivity (Wildman–Crippen MR) is 82.2 cm³/mol. The molecule has 2 rings (SSSR count). The number of carbonyl (C=O) groups excluding carboxylic acids is 2. The van der Waals surface area contributed by atoms with Gasteiger partial charge in [0.2, 0.25) is 5.91 Å². The number of aromatic nitrogens is 2. The minimum absolute atomic E-state index is 0.123. The molecule has 110 valence electrons. The fourth-order valence-corrected chi connectivity index (χ4v) is 2.63. The summed E-state index contributed by atoms with van der Waals surface area (Å²) in [6.07, 6.45) is 0. The van der Waals surface area contributed by atoms with Crippen molar-refractivity contribution >= 4 is 34.6 Å². The summed E-state index contributed by atoms with van der Waals surface area (Å²) in [4.78, 5) is 31.6. The summed E-state index contributed by atoms with van der Waals surface area (Å²) in [7, 11) is 0. The van der Waals surface area contributed by atoms with Crippen molar-refractivity contribution in [3.05, 3.63) is 30.1 Å². The number of amides is 3. The van der Waals surface area contributed by atoms with Gasteiger partial charge in [-0.05, 0) is 19.9 Å². The van der Waals surface area contributed by atoms with Gasteiger partial charge in [-0.3, -0.25) is 10.1 Å². The smallest absolute Gasteiger partial charge is 0.321 e. The molecule has 0 aliphatic rings. The van der Waals surface area contributed by atoms with Crippen LogP contribution < -0.4 is 10.6 Å². The summed E-state index contributed by atoms with van der Waals surface area (Å²) in [6, 6.07) is 7.15. The molecule has 6 nitrogen and oxygen atoms in total. The van der Waals surface area contributed by atoms with E-state index in [2.05, 4.69) is 20.6 Å². The van der Waals surface area contributed by atoms with Gasteiger partial charge in [0, 0.05) is 11.9 Å². The summed E-state index contributed by atoms with van der Waals surface area (Å²) in [5, 5.41) is 6.41. The molecule has 0 spiro atoms. The van der Waals surface area contributed by atoms with Crippen molar-refractivity contribution in [1.82, 2.24) is 20.6 Å². The van der Waals surface area contributed by atoms with Crippen molar-refractivity contribution in [3.8, 4) is 0 Å². The van der Waals surface area contributed by atoms with Crippen LogP contribution in [0.15, 0.2) is 29.3 Å². The number of thioether (sulfide) groups is 1. The quantitative estimate of drug-likeness (QED) is 0.665. The number of carbonyl (C=O) groups is 2. The molecule has 7 heteroatoms. The molecule has 0 saturated heterocycles. The number of aryl methyl sites for hydroxylation is 1. The molecule has 0 atom stereocenters. The Morgan fingerprint density at radius 1 is 1.24 bits per heavy atom. The monoisotopic (exact) mass is 304 g/mol. The second kappa shape index (κ2) is 7.03. The number of benzene rings is 1. The lowest BCUT2D eigenvalue weighted by atomic mass is 10.2. The SMILES string of the molecule is CCNC(=O)NC(=O)CSc1nc(C)nc2ccccc12. The van der Waals surface area contributed by atoms with Crippen LogP contribution in [0.2, 0.25) is 0 Å². The van der Waals surface area contributed by atoms with Crippen LogP contribution in [-0.2, 0) is 4.79 Å². The lowest BCUT2D eigenvalue weighted by Gasteiger charge is -2.07. The fourth-order valence-electron chi connectivity index (χ4n) is 1.77. The van der Waals surface area contributed by atoms with Crippen LogP contribution in [0.25, 0.3) is 10.9 Å². The number of nitrogens with zero attached hydrogens (tertiary/aromatic N) is 2. The number of hydrogen-bond acceptors (Lipinski definition) is 5. The number of imide groups is 1. The highest BCUT2D eigenvalue weighted by atomic mass is 32.2. The zero-order chi connectivity index (χ0) is 15.2. The molecule has 0 unspecified atom stereocenters. The van der Waals surface area contributed by atoms with Gasteiger partial charge in [-0.1, -0.05) is 30.0 Å². The van der Waals surface area contributed by atoms with Gasteiger partial charge >= 0.3 is 6.03 Å². The molecule has 0 radical (unpaired) electrons. The second-order valence-electron chi connectivity index (χ2n) is 4.29. The van der Waals surface area contributed by atoms with E-state index in [9.17, 15) is 9.59 Å². The van der Waals surface area contributed by atoms with E-state index in [-0.39, 0.29) is 11.7 Å². The van der Waals surface area contributed by atoms with Crippen LogP contribution >= 0.6 is 11.8 Å². The minimum Gasteiger partial charge on any atom is -0.338 e. The van der Waals surface area contributed by atoms with E-state index in [4.69, 9.17) is 0 Å². The molecule has 0 fully saturated rings. The average molecular weight is 304 g/mol. The largest absolute Gasteiger partial charge is 0.338 e. The first kappa shape index (κ1) is 15.2. The van der Waals surface area contributed by atoms with Gasteiger partial charge in [0.05, 0.1) is 11.3 Å². The first-order valence-corrected chi connectivity index (χ1v) is 7.52. The molecule has 1 heterocycles. The number of urea groups is 1. The van der Waals surface area contributed by atoms with Crippen LogP contribution in [0.5, 0.6) is 0 Å². The van der Waals surface area contributed by atoms with Crippen LogP contribution in [0, 0.1) is 6.92 Å². The molecular formula is C14H16N4O2S. The van der Waals surface area contributed by atoms with Gasteiger partial charge in [0.15, 0.2) is 0 Å². The molecule has 0 bridgehead atoms. The standard InChI is InChI=1S/C14H16N4O2S/c1-3-15-14(20)18-12(19)8-21-13-10-6-4-5-7-11(10)16-9(2)17-13/h4-7H,3,8H2,1-2H3,(H2,15,18,19,20). The number of rotatable bonds is 4. The van der Waals surface area contributed by atoms with Crippen molar-refractivity contribution in [2.45, 2.75) is 18.9 Å². The van der Waals surface area contributed by atoms with Gasteiger partial charge in [-0.25, -0.2) is 14.8 Å². The summed E-state index contributed by atoms with van der Waals surface area (Å²) in [6.45, 7) is 4.07. The summed E-state index contributed by atoms with van der Waals surface area (Å²) in [5.74, 6) is 0.420. The Kier molecular flexibility index (Phi) is 5.10. The Hall–Kier alpha value is -2.15. The first-order valence-electron chi connectivity index (χ1n) is 6.54. The van der Waals surface area contributed by atoms with Crippen LogP contribution in [0.4, 0.5) is 4.79 Å². The van der Waals surface area contributed by atoms with E-state index in [1.807, 2.05) is 31.2 Å². The Morgan fingerprint density at radius 3 is 2.76 bits per heavy atom. The number of fused-ring (bicyclic) bond motifs is 1. The highest BCUT2D eigenvalue weighted by Crippen LogP contribution is 2.24. The van der Waals surface area contributed by atoms with Gasteiger partial charge in [-0.15, -0.1) is 0 Å². The van der Waals surface area contributed by atoms with E-state index in [0.717, 1.165) is 15.9 Å². The number of nitrogens with one attached hydrogen (secondary N) is 2. The topological polar surface area (TPSA) is 84.0 Å². The molecule has 1 aromatic carbocycles. The summed E-state index contributed by atoms with van der Waals surface area (Å²) < 4.78 is 0. The fraction of sp³-hybridized carbons (Fsp3) is 0.286. The average Bonchev–Trinajstić information content (AvgIpc) is 2.44. The maximum absolute atomic E-state index is 11.7. The molecule has 2 N–H and O–H groups in total. The number of hydrogen-bond donors (Lipinski definition) is 2. The van der Waals surface area contributed by atoms with Crippen LogP contribution in [0.1, 0.15) is 12.7 Å². The van der Waals surface area contributed by atoms with E-state index >= 15 is 0 Å². The third-order valence-corrected chi connectivity index (χ3v) is 3.60. The van der Waals surface area contributed by atoms with Crippen molar-refractivity contribution < 1.29 is 9.59 Å². The molecule has 1 aromatic heterocycles.